The van der Waals surface area contributed by atoms with Crippen LogP contribution >= 0.6 is 11.1 Å². The van der Waals surface area contributed by atoms with Gasteiger partial charge in [-0.2, -0.15) is 11.1 Å². The fourth-order valence-electron chi connectivity index (χ4n) is 0. The van der Waals surface area contributed by atoms with Gasteiger partial charge in [-0.1, -0.05) is 19.6 Å². The van der Waals surface area contributed by atoms with Gasteiger partial charge in [-0.15, -0.1) is 0 Å². The SMILES string of the molecule is C[Si](C)(C)Cl.[Mg]. The van der Waals surface area contributed by atoms with Crippen molar-refractivity contribution in [3.8, 4) is 0 Å². The second kappa shape index (κ2) is 3.30. The standard InChI is InChI=1S/C3H9ClSi.Mg/c1-5(2,3)4;/h1-3H3;. The maximum atomic E-state index is 5.67. The fraction of sp³-hybridized carbons (Fsp3) is 1.00. The van der Waals surface area contributed by atoms with E-state index in [9.17, 15) is 0 Å². The molecular weight excluding hydrogens is 124 g/mol. The third-order valence-electron chi connectivity index (χ3n) is 0. The quantitative estimate of drug-likeness (QED) is 0.348. The number of hydrogen-bond donors (Lipinski definition) is 0. The first kappa shape index (κ1) is 10.3. The summed E-state index contributed by atoms with van der Waals surface area (Å²) in [6.07, 6.45) is 0. The Balaban J connectivity index is 0. The van der Waals surface area contributed by atoms with Gasteiger partial charge in [0.05, 0.1) is 0 Å². The Kier molecular flexibility index (Phi) is 5.66. The molecule has 0 N–H and O–H groups in total. The Bertz CT molecular complexity index is 26.3. The van der Waals surface area contributed by atoms with E-state index in [1.54, 1.807) is 0 Å². The molecule has 34 valence electrons. The molecular formula is C3H9ClMgSi. The monoisotopic (exact) mass is 132 g/mol. The molecule has 0 aromatic heterocycles. The van der Waals surface area contributed by atoms with Crippen LogP contribution in [0.1, 0.15) is 0 Å². The molecule has 0 saturated heterocycles. The van der Waals surface area contributed by atoms with Crippen molar-refractivity contribution < 1.29 is 0 Å². The largest absolute Gasteiger partial charge is 0.168 e. The minimum absolute atomic E-state index is 0. The first-order chi connectivity index (χ1) is 2.00. The lowest BCUT2D eigenvalue weighted by Crippen LogP contribution is -2.06. The van der Waals surface area contributed by atoms with E-state index in [1.807, 2.05) is 0 Å². The molecule has 0 atom stereocenters. The van der Waals surface area contributed by atoms with E-state index in [1.165, 1.54) is 0 Å². The zero-order valence-electron chi connectivity index (χ0n) is 4.59. The van der Waals surface area contributed by atoms with E-state index in [4.69, 9.17) is 11.1 Å². The van der Waals surface area contributed by atoms with E-state index in [-0.39, 0.29) is 23.1 Å². The van der Waals surface area contributed by atoms with Crippen LogP contribution in [0.4, 0.5) is 0 Å². The summed E-state index contributed by atoms with van der Waals surface area (Å²) in [4.78, 5) is 0. The zero-order valence-corrected chi connectivity index (χ0v) is 7.76. The van der Waals surface area contributed by atoms with E-state index in [2.05, 4.69) is 19.6 Å². The molecule has 0 amide bonds. The maximum absolute atomic E-state index is 5.67. The van der Waals surface area contributed by atoms with Gasteiger partial charge in [0.15, 0.2) is 0 Å². The van der Waals surface area contributed by atoms with Gasteiger partial charge >= 0.3 is 0 Å². The van der Waals surface area contributed by atoms with Crippen LogP contribution in [0.5, 0.6) is 0 Å². The van der Waals surface area contributed by atoms with Crippen LogP contribution in [0.25, 0.3) is 0 Å². The first-order valence-corrected chi connectivity index (χ1v) is 6.20. The Labute approximate surface area is 61.1 Å². The molecule has 0 heterocycles. The highest BCUT2D eigenvalue weighted by Gasteiger charge is 2.04. The topological polar surface area (TPSA) is 0 Å². The van der Waals surface area contributed by atoms with Crippen LogP contribution in [0.15, 0.2) is 0 Å². The highest BCUT2D eigenvalue weighted by atomic mass is 35.6. The lowest BCUT2D eigenvalue weighted by atomic mass is 11.8. The molecule has 0 fully saturated rings. The lowest BCUT2D eigenvalue weighted by Gasteiger charge is -1.97. The predicted molar refractivity (Wildman–Crippen MR) is 35.0 cm³/mol. The van der Waals surface area contributed by atoms with Crippen LogP contribution in [0.3, 0.4) is 0 Å². The van der Waals surface area contributed by atoms with Crippen LogP contribution in [0, 0.1) is 0 Å². The van der Waals surface area contributed by atoms with E-state index in [0.717, 1.165) is 0 Å². The van der Waals surface area contributed by atoms with Gasteiger partial charge in [-0.05, 0) is 0 Å². The van der Waals surface area contributed by atoms with Crippen molar-refractivity contribution in [2.45, 2.75) is 19.6 Å². The summed E-state index contributed by atoms with van der Waals surface area (Å²) >= 11 is 5.67. The van der Waals surface area contributed by atoms with Gasteiger partial charge in [0, 0.05) is 23.1 Å². The smallest absolute Gasteiger partial charge is 0.147 e. The molecule has 0 unspecified atom stereocenters. The van der Waals surface area contributed by atoms with Crippen LogP contribution in [-0.4, -0.2) is 30.4 Å². The molecule has 2 radical (unpaired) electrons. The van der Waals surface area contributed by atoms with Crippen molar-refractivity contribution in [3.63, 3.8) is 0 Å². The zero-order chi connectivity index (χ0) is 4.50. The predicted octanol–water partition coefficient (Wildman–Crippen LogP) is 1.68. The van der Waals surface area contributed by atoms with Gasteiger partial charge in [0.1, 0.15) is 7.38 Å². The molecule has 0 aromatic carbocycles. The molecule has 6 heavy (non-hydrogen) atoms. The van der Waals surface area contributed by atoms with E-state index in [0.29, 0.717) is 0 Å². The van der Waals surface area contributed by atoms with Crippen LogP contribution in [-0.2, 0) is 0 Å². The van der Waals surface area contributed by atoms with Crippen molar-refractivity contribution in [1.29, 1.82) is 0 Å². The summed E-state index contributed by atoms with van der Waals surface area (Å²) in [6.45, 7) is 6.28. The molecule has 0 rings (SSSR count). The van der Waals surface area contributed by atoms with Gasteiger partial charge in [0.2, 0.25) is 0 Å². The summed E-state index contributed by atoms with van der Waals surface area (Å²) in [5.41, 5.74) is 0. The van der Waals surface area contributed by atoms with Gasteiger partial charge < -0.3 is 0 Å². The summed E-state index contributed by atoms with van der Waals surface area (Å²) < 4.78 is 0. The lowest BCUT2D eigenvalue weighted by molar-refractivity contribution is 1.87. The Morgan fingerprint density at radius 1 is 1.17 bits per heavy atom. The van der Waals surface area contributed by atoms with Gasteiger partial charge in [-0.3, -0.25) is 0 Å². The summed E-state index contributed by atoms with van der Waals surface area (Å²) in [7, 11) is -1.14. The molecule has 0 aliphatic rings. The molecule has 0 aliphatic carbocycles. The highest BCUT2D eigenvalue weighted by Crippen LogP contribution is 2.03. The average Bonchev–Trinajstić information content (AvgIpc) is 0.722. The van der Waals surface area contributed by atoms with E-state index >= 15 is 0 Å². The van der Waals surface area contributed by atoms with Gasteiger partial charge in [-0.25, -0.2) is 0 Å². The Hall–Kier alpha value is 1.27. The molecule has 0 spiro atoms. The Morgan fingerprint density at radius 2 is 1.17 bits per heavy atom. The number of hydrogen-bond acceptors (Lipinski definition) is 0. The average molecular weight is 133 g/mol. The summed E-state index contributed by atoms with van der Waals surface area (Å²) in [6, 6.07) is 0. The van der Waals surface area contributed by atoms with Crippen molar-refractivity contribution >= 4 is 41.5 Å². The molecule has 0 nitrogen and oxygen atoms in total. The first-order valence-electron chi connectivity index (χ1n) is 1.69. The second-order valence-electron chi connectivity index (χ2n) is 2.07. The molecule has 0 bridgehead atoms. The maximum Gasteiger partial charge on any atom is 0.147 e. The van der Waals surface area contributed by atoms with Gasteiger partial charge in [0.25, 0.3) is 0 Å². The molecule has 0 aliphatic heterocycles. The third-order valence-corrected chi connectivity index (χ3v) is 0. The fourth-order valence-corrected chi connectivity index (χ4v) is 0. The van der Waals surface area contributed by atoms with Crippen molar-refractivity contribution in [3.05, 3.63) is 0 Å². The van der Waals surface area contributed by atoms with Crippen molar-refractivity contribution in [2.24, 2.45) is 0 Å². The van der Waals surface area contributed by atoms with Crippen molar-refractivity contribution in [2.75, 3.05) is 0 Å². The van der Waals surface area contributed by atoms with Crippen LogP contribution in [0.2, 0.25) is 19.6 Å². The van der Waals surface area contributed by atoms with Crippen LogP contribution < -0.4 is 0 Å². The second-order valence-corrected chi connectivity index (χ2v) is 9.60. The minimum Gasteiger partial charge on any atom is -0.168 e. The summed E-state index contributed by atoms with van der Waals surface area (Å²) in [5, 5.41) is 0. The minimum atomic E-state index is -1.14. The summed E-state index contributed by atoms with van der Waals surface area (Å²) in [5.74, 6) is 0. The number of rotatable bonds is 0. The molecule has 0 aromatic rings. The highest BCUT2D eigenvalue weighted by molar-refractivity contribution is 7.18. The molecule has 0 saturated carbocycles. The third kappa shape index (κ3) is 59.4. The number of halogens is 1. The Morgan fingerprint density at radius 3 is 1.17 bits per heavy atom. The molecule has 3 heteroatoms. The van der Waals surface area contributed by atoms with Crippen molar-refractivity contribution in [1.82, 2.24) is 0 Å². The normalized spacial score (nSPS) is 10.0. The van der Waals surface area contributed by atoms with E-state index < -0.39 is 7.38 Å².